The van der Waals surface area contributed by atoms with E-state index < -0.39 is 4.92 Å². The Bertz CT molecular complexity index is 677. The summed E-state index contributed by atoms with van der Waals surface area (Å²) in [5, 5.41) is 19.3. The van der Waals surface area contributed by atoms with E-state index in [4.69, 9.17) is 0 Å². The van der Waals surface area contributed by atoms with E-state index in [0.29, 0.717) is 25.3 Å². The van der Waals surface area contributed by atoms with Crippen LogP contribution in [0.3, 0.4) is 0 Å². The maximum Gasteiger partial charge on any atom is 0.314 e. The molecule has 0 heterocycles. The van der Waals surface area contributed by atoms with Crippen LogP contribution in [0.1, 0.15) is 5.56 Å². The Morgan fingerprint density at radius 2 is 1.58 bits per heavy atom. The molecule has 2 rings (SSSR count). The molecular formula is C17H20N4O3. The third-order valence-corrected chi connectivity index (χ3v) is 3.37. The Labute approximate surface area is 140 Å². The number of carbonyl (C=O) groups is 1. The fraction of sp³-hybridized carbons (Fsp3) is 0.235. The van der Waals surface area contributed by atoms with Gasteiger partial charge in [-0.3, -0.25) is 10.1 Å². The van der Waals surface area contributed by atoms with Crippen LogP contribution in [0.4, 0.5) is 16.2 Å². The van der Waals surface area contributed by atoms with E-state index in [2.05, 4.69) is 16.0 Å². The minimum absolute atomic E-state index is 0.0183. The van der Waals surface area contributed by atoms with Gasteiger partial charge in [0, 0.05) is 25.7 Å². The lowest BCUT2D eigenvalue weighted by Crippen LogP contribution is -2.38. The van der Waals surface area contributed by atoms with Crippen molar-refractivity contribution in [3.05, 3.63) is 70.3 Å². The number of anilines is 1. The molecule has 2 amide bonds. The summed E-state index contributed by atoms with van der Waals surface area (Å²) in [5.74, 6) is 0. The fourth-order valence-electron chi connectivity index (χ4n) is 2.18. The van der Waals surface area contributed by atoms with Crippen LogP contribution in [-0.4, -0.2) is 30.6 Å². The maximum atomic E-state index is 11.7. The van der Waals surface area contributed by atoms with Crippen molar-refractivity contribution in [2.75, 3.05) is 25.0 Å². The van der Waals surface area contributed by atoms with Crippen LogP contribution in [0.25, 0.3) is 0 Å². The lowest BCUT2D eigenvalue weighted by Gasteiger charge is -2.09. The lowest BCUT2D eigenvalue weighted by molar-refractivity contribution is -0.384. The normalized spacial score (nSPS) is 10.0. The van der Waals surface area contributed by atoms with Gasteiger partial charge in [-0.05, 0) is 18.1 Å². The quantitative estimate of drug-likeness (QED) is 0.394. The maximum absolute atomic E-state index is 11.7. The molecule has 0 atom stereocenters. The molecule has 3 N–H and O–H groups in total. The number of benzene rings is 2. The topological polar surface area (TPSA) is 96.3 Å². The van der Waals surface area contributed by atoms with Crippen LogP contribution in [0.2, 0.25) is 0 Å². The standard InChI is InChI=1S/C17H20N4O3/c22-17(19-11-10-14-6-2-1-3-7-14)20-13-12-18-15-8-4-5-9-16(15)21(23)24/h1-9,18H,10-13H2,(H2,19,20,22). The van der Waals surface area contributed by atoms with Crippen molar-refractivity contribution in [1.29, 1.82) is 0 Å². The summed E-state index contributed by atoms with van der Waals surface area (Å²) in [6, 6.07) is 16.1. The molecule has 0 aromatic heterocycles. The Kier molecular flexibility index (Phi) is 6.58. The highest BCUT2D eigenvalue weighted by Crippen LogP contribution is 2.22. The number of amides is 2. The smallest absolute Gasteiger partial charge is 0.314 e. The predicted octanol–water partition coefficient (Wildman–Crippen LogP) is 2.55. The molecule has 126 valence electrons. The van der Waals surface area contributed by atoms with E-state index in [1.54, 1.807) is 18.2 Å². The molecule has 2 aromatic rings. The zero-order valence-electron chi connectivity index (χ0n) is 13.2. The van der Waals surface area contributed by atoms with E-state index in [0.717, 1.165) is 12.0 Å². The van der Waals surface area contributed by atoms with Crippen molar-refractivity contribution >= 4 is 17.4 Å². The fourth-order valence-corrected chi connectivity index (χ4v) is 2.18. The van der Waals surface area contributed by atoms with Gasteiger partial charge in [-0.25, -0.2) is 4.79 Å². The number of rotatable bonds is 8. The van der Waals surface area contributed by atoms with Crippen LogP contribution < -0.4 is 16.0 Å². The first-order chi connectivity index (χ1) is 11.7. The number of nitro groups is 1. The van der Waals surface area contributed by atoms with Crippen LogP contribution in [0.15, 0.2) is 54.6 Å². The number of para-hydroxylation sites is 2. The second-order valence-corrected chi connectivity index (χ2v) is 5.12. The summed E-state index contributed by atoms with van der Waals surface area (Å²) in [6.45, 7) is 1.31. The monoisotopic (exact) mass is 328 g/mol. The minimum atomic E-state index is -0.438. The third-order valence-electron chi connectivity index (χ3n) is 3.37. The van der Waals surface area contributed by atoms with Gasteiger partial charge in [-0.2, -0.15) is 0 Å². The van der Waals surface area contributed by atoms with Crippen molar-refractivity contribution in [2.24, 2.45) is 0 Å². The van der Waals surface area contributed by atoms with Gasteiger partial charge < -0.3 is 16.0 Å². The predicted molar refractivity (Wildman–Crippen MR) is 93.1 cm³/mol. The summed E-state index contributed by atoms with van der Waals surface area (Å²) in [7, 11) is 0. The van der Waals surface area contributed by atoms with Crippen molar-refractivity contribution in [3.63, 3.8) is 0 Å². The van der Waals surface area contributed by atoms with E-state index in [9.17, 15) is 14.9 Å². The summed E-state index contributed by atoms with van der Waals surface area (Å²) in [4.78, 5) is 22.1. The SMILES string of the molecule is O=C(NCCNc1ccccc1[N+](=O)[O-])NCCc1ccccc1. The number of hydrogen-bond donors (Lipinski definition) is 3. The van der Waals surface area contributed by atoms with Crippen molar-refractivity contribution in [2.45, 2.75) is 6.42 Å². The third kappa shape index (κ3) is 5.60. The Morgan fingerprint density at radius 1 is 0.917 bits per heavy atom. The van der Waals surface area contributed by atoms with E-state index >= 15 is 0 Å². The molecule has 7 heteroatoms. The Hall–Kier alpha value is -3.09. The van der Waals surface area contributed by atoms with E-state index in [1.165, 1.54) is 6.07 Å². The molecule has 0 saturated carbocycles. The molecular weight excluding hydrogens is 308 g/mol. The number of nitrogens with zero attached hydrogens (tertiary/aromatic N) is 1. The van der Waals surface area contributed by atoms with Crippen LogP contribution in [-0.2, 0) is 6.42 Å². The highest BCUT2D eigenvalue weighted by Gasteiger charge is 2.11. The largest absolute Gasteiger partial charge is 0.378 e. The van der Waals surface area contributed by atoms with Crippen molar-refractivity contribution < 1.29 is 9.72 Å². The van der Waals surface area contributed by atoms with Crippen LogP contribution in [0, 0.1) is 10.1 Å². The molecule has 0 bridgehead atoms. The van der Waals surface area contributed by atoms with Crippen molar-refractivity contribution in [3.8, 4) is 0 Å². The zero-order valence-corrected chi connectivity index (χ0v) is 13.2. The van der Waals surface area contributed by atoms with Gasteiger partial charge in [-0.15, -0.1) is 0 Å². The first kappa shape index (κ1) is 17.3. The number of urea groups is 1. The van der Waals surface area contributed by atoms with Gasteiger partial charge in [-0.1, -0.05) is 42.5 Å². The Morgan fingerprint density at radius 3 is 2.33 bits per heavy atom. The average Bonchev–Trinajstić information content (AvgIpc) is 2.60. The minimum Gasteiger partial charge on any atom is -0.378 e. The number of hydrogen-bond acceptors (Lipinski definition) is 4. The first-order valence-corrected chi connectivity index (χ1v) is 7.70. The van der Waals surface area contributed by atoms with Gasteiger partial charge >= 0.3 is 6.03 Å². The first-order valence-electron chi connectivity index (χ1n) is 7.70. The van der Waals surface area contributed by atoms with Gasteiger partial charge in [0.2, 0.25) is 0 Å². The summed E-state index contributed by atoms with van der Waals surface area (Å²) in [6.07, 6.45) is 0.767. The Balaban J connectivity index is 1.64. The molecule has 0 saturated heterocycles. The number of nitrogens with one attached hydrogen (secondary N) is 3. The van der Waals surface area contributed by atoms with Gasteiger partial charge in [0.15, 0.2) is 0 Å². The molecule has 24 heavy (non-hydrogen) atoms. The molecule has 0 aliphatic heterocycles. The molecule has 0 unspecified atom stereocenters. The van der Waals surface area contributed by atoms with Gasteiger partial charge in [0.05, 0.1) is 4.92 Å². The molecule has 0 aliphatic carbocycles. The summed E-state index contributed by atoms with van der Waals surface area (Å²) < 4.78 is 0. The molecule has 0 fully saturated rings. The average molecular weight is 328 g/mol. The van der Waals surface area contributed by atoms with E-state index in [-0.39, 0.29) is 11.7 Å². The molecule has 2 aromatic carbocycles. The summed E-state index contributed by atoms with van der Waals surface area (Å²) >= 11 is 0. The molecule has 7 nitrogen and oxygen atoms in total. The van der Waals surface area contributed by atoms with Crippen molar-refractivity contribution in [1.82, 2.24) is 10.6 Å². The van der Waals surface area contributed by atoms with Crippen LogP contribution in [0.5, 0.6) is 0 Å². The highest BCUT2D eigenvalue weighted by molar-refractivity contribution is 5.73. The molecule has 0 radical (unpaired) electrons. The second-order valence-electron chi connectivity index (χ2n) is 5.12. The van der Waals surface area contributed by atoms with Gasteiger partial charge in [0.25, 0.3) is 5.69 Å². The second kappa shape index (κ2) is 9.14. The highest BCUT2D eigenvalue weighted by atomic mass is 16.6. The van der Waals surface area contributed by atoms with E-state index in [1.807, 2.05) is 30.3 Å². The number of carbonyl (C=O) groups excluding carboxylic acids is 1. The van der Waals surface area contributed by atoms with Gasteiger partial charge in [0.1, 0.15) is 5.69 Å². The number of nitro benzene ring substituents is 1. The van der Waals surface area contributed by atoms with Crippen LogP contribution >= 0.6 is 0 Å². The lowest BCUT2D eigenvalue weighted by atomic mass is 10.1. The molecule has 0 aliphatic rings. The zero-order chi connectivity index (χ0) is 17.2. The molecule has 0 spiro atoms. The summed E-state index contributed by atoms with van der Waals surface area (Å²) in [5.41, 5.74) is 1.62.